The van der Waals surface area contributed by atoms with Crippen LogP contribution >= 0.6 is 0 Å². The summed E-state index contributed by atoms with van der Waals surface area (Å²) < 4.78 is 0. The van der Waals surface area contributed by atoms with Crippen LogP contribution in [0, 0.1) is 11.8 Å². The maximum atomic E-state index is 2.63. The van der Waals surface area contributed by atoms with Gasteiger partial charge in [-0.2, -0.15) is 0 Å². The molecule has 3 fully saturated rings. The van der Waals surface area contributed by atoms with Crippen molar-refractivity contribution in [1.29, 1.82) is 0 Å². The molecular weight excluding hydrogens is 98.1 g/mol. The topological polar surface area (TPSA) is 3.01 Å². The van der Waals surface area contributed by atoms with Gasteiger partial charge < -0.3 is 0 Å². The average Bonchev–Trinajstić information content (AvgIpc) is 2.34. The third kappa shape index (κ3) is 0.278. The first kappa shape index (κ1) is 3.89. The lowest BCUT2D eigenvalue weighted by Crippen LogP contribution is -2.27. The van der Waals surface area contributed by atoms with Crippen LogP contribution in [0.3, 0.4) is 0 Å². The van der Waals surface area contributed by atoms with Crippen molar-refractivity contribution in [3.63, 3.8) is 0 Å². The monoisotopic (exact) mass is 109 g/mol. The van der Waals surface area contributed by atoms with Crippen molar-refractivity contribution in [3.05, 3.63) is 0 Å². The van der Waals surface area contributed by atoms with Crippen molar-refractivity contribution in [1.82, 2.24) is 4.90 Å². The maximum Gasteiger partial charge on any atom is 0.0255 e. The number of hydrogen-bond acceptors (Lipinski definition) is 1. The third-order valence-electron chi connectivity index (χ3n) is 3.20. The Labute approximate surface area is 49.7 Å². The summed E-state index contributed by atoms with van der Waals surface area (Å²) in [7, 11) is 0. The van der Waals surface area contributed by atoms with E-state index in [1.807, 2.05) is 0 Å². The molecule has 0 aromatic heterocycles. The van der Waals surface area contributed by atoms with Gasteiger partial charge in [0.05, 0.1) is 0 Å². The quantitative estimate of drug-likeness (QED) is 0.414. The first-order valence-corrected chi connectivity index (χ1v) is 3.69. The van der Waals surface area contributed by atoms with E-state index in [9.17, 15) is 0 Å². The number of fused-ring (bicyclic) bond motifs is 3. The molecule has 44 valence electrons. The van der Waals surface area contributed by atoms with E-state index in [1.54, 1.807) is 6.42 Å². The van der Waals surface area contributed by atoms with E-state index in [0.717, 1.165) is 17.9 Å². The molecule has 4 unspecified atom stereocenters. The number of piperidine rings is 1. The molecule has 3 rings (SSSR count). The molecule has 1 heteroatoms. The maximum absolute atomic E-state index is 2.63. The number of rotatable bonds is 0. The highest BCUT2D eigenvalue weighted by atomic mass is 15.3. The molecule has 2 heterocycles. The zero-order chi connectivity index (χ0) is 5.14. The Hall–Kier alpha value is -0.0400. The molecule has 0 N–H and O–H groups in total. The summed E-state index contributed by atoms with van der Waals surface area (Å²) in [5.74, 6) is 2.31. The minimum absolute atomic E-state index is 1.08. The van der Waals surface area contributed by atoms with Gasteiger partial charge in [0.2, 0.25) is 0 Å². The van der Waals surface area contributed by atoms with Crippen LogP contribution in [0.1, 0.15) is 12.8 Å². The fourth-order valence-corrected chi connectivity index (χ4v) is 2.44. The van der Waals surface area contributed by atoms with Gasteiger partial charge in [-0.1, -0.05) is 0 Å². The molecule has 0 spiro atoms. The van der Waals surface area contributed by atoms with Crippen LogP contribution in [-0.4, -0.2) is 24.0 Å². The third-order valence-corrected chi connectivity index (χ3v) is 3.20. The summed E-state index contributed by atoms with van der Waals surface area (Å²) in [5.41, 5.74) is 0. The highest BCUT2D eigenvalue weighted by Crippen LogP contribution is 2.50. The molecule has 3 aliphatic rings. The van der Waals surface area contributed by atoms with Crippen molar-refractivity contribution >= 4 is 0 Å². The van der Waals surface area contributed by atoms with E-state index in [2.05, 4.69) is 4.90 Å². The number of nitrogens with zero attached hydrogens (tertiary/aromatic N) is 1. The van der Waals surface area contributed by atoms with Gasteiger partial charge in [-0.05, 0) is 24.7 Å². The SMILES string of the molecule is C1CC2C1CN1CC21. The molecule has 2 aliphatic heterocycles. The smallest absolute Gasteiger partial charge is 0.0255 e. The first-order chi connectivity index (χ1) is 3.95. The molecule has 2 saturated heterocycles. The van der Waals surface area contributed by atoms with Gasteiger partial charge in [0.25, 0.3) is 0 Å². The summed E-state index contributed by atoms with van der Waals surface area (Å²) in [4.78, 5) is 2.63. The van der Waals surface area contributed by atoms with Gasteiger partial charge in [0.15, 0.2) is 0 Å². The summed E-state index contributed by atoms with van der Waals surface area (Å²) in [5, 5.41) is 0. The molecule has 0 amide bonds. The molecule has 1 aliphatic carbocycles. The van der Waals surface area contributed by atoms with Crippen LogP contribution in [0.15, 0.2) is 0 Å². The Morgan fingerprint density at radius 3 is 2.50 bits per heavy atom. The van der Waals surface area contributed by atoms with Gasteiger partial charge in [0.1, 0.15) is 0 Å². The van der Waals surface area contributed by atoms with Crippen molar-refractivity contribution in [2.24, 2.45) is 11.8 Å². The summed E-state index contributed by atoms with van der Waals surface area (Å²) in [6.07, 6.45) is 3.09. The molecule has 1 saturated carbocycles. The van der Waals surface area contributed by atoms with E-state index in [1.165, 1.54) is 19.5 Å². The van der Waals surface area contributed by atoms with Crippen LogP contribution in [0.5, 0.6) is 0 Å². The Kier molecular flexibility index (Phi) is 0.472. The first-order valence-electron chi connectivity index (χ1n) is 3.69. The Bertz CT molecular complexity index is 128. The average molecular weight is 109 g/mol. The van der Waals surface area contributed by atoms with Crippen molar-refractivity contribution in [3.8, 4) is 0 Å². The van der Waals surface area contributed by atoms with E-state index in [4.69, 9.17) is 0 Å². The van der Waals surface area contributed by atoms with E-state index < -0.39 is 0 Å². The molecule has 4 atom stereocenters. The lowest BCUT2D eigenvalue weighted by atomic mass is 9.73. The molecular formula is C7H11N. The summed E-state index contributed by atoms with van der Waals surface area (Å²) >= 11 is 0. The number of hydrogen-bond donors (Lipinski definition) is 0. The zero-order valence-electron chi connectivity index (χ0n) is 5.01. The van der Waals surface area contributed by atoms with Gasteiger partial charge >= 0.3 is 0 Å². The highest BCUT2D eigenvalue weighted by Gasteiger charge is 2.54. The van der Waals surface area contributed by atoms with Gasteiger partial charge in [-0.15, -0.1) is 0 Å². The highest BCUT2D eigenvalue weighted by molar-refractivity contribution is 5.08. The van der Waals surface area contributed by atoms with Crippen LogP contribution < -0.4 is 0 Å². The van der Waals surface area contributed by atoms with Gasteiger partial charge in [-0.3, -0.25) is 4.90 Å². The Balaban J connectivity index is 1.92. The van der Waals surface area contributed by atoms with E-state index >= 15 is 0 Å². The lowest BCUT2D eigenvalue weighted by Gasteiger charge is -2.30. The molecule has 8 heavy (non-hydrogen) atoms. The molecule has 0 radical (unpaired) electrons. The minimum Gasteiger partial charge on any atom is -0.297 e. The van der Waals surface area contributed by atoms with Crippen molar-refractivity contribution in [2.45, 2.75) is 18.9 Å². The second-order valence-corrected chi connectivity index (χ2v) is 3.52. The normalized spacial score (nSPS) is 66.0. The second-order valence-electron chi connectivity index (χ2n) is 3.52. The van der Waals surface area contributed by atoms with Crippen LogP contribution in [-0.2, 0) is 0 Å². The van der Waals surface area contributed by atoms with E-state index in [-0.39, 0.29) is 0 Å². The van der Waals surface area contributed by atoms with E-state index in [0.29, 0.717) is 0 Å². The van der Waals surface area contributed by atoms with Crippen LogP contribution in [0.25, 0.3) is 0 Å². The van der Waals surface area contributed by atoms with Crippen LogP contribution in [0.2, 0.25) is 0 Å². The van der Waals surface area contributed by atoms with Crippen LogP contribution in [0.4, 0.5) is 0 Å². The Morgan fingerprint density at radius 2 is 2.12 bits per heavy atom. The molecule has 0 bridgehead atoms. The molecule has 1 nitrogen and oxygen atoms in total. The predicted octanol–water partition coefficient (Wildman–Crippen LogP) is 0.710. The fourth-order valence-electron chi connectivity index (χ4n) is 2.44. The predicted molar refractivity (Wildman–Crippen MR) is 31.6 cm³/mol. The summed E-state index contributed by atoms with van der Waals surface area (Å²) in [6, 6.07) is 1.08. The largest absolute Gasteiger partial charge is 0.297 e. The Morgan fingerprint density at radius 1 is 1.12 bits per heavy atom. The zero-order valence-corrected chi connectivity index (χ0v) is 5.01. The molecule has 0 aromatic carbocycles. The van der Waals surface area contributed by atoms with Gasteiger partial charge in [-0.25, -0.2) is 0 Å². The summed E-state index contributed by atoms with van der Waals surface area (Å²) in [6.45, 7) is 2.90. The minimum atomic E-state index is 1.08. The van der Waals surface area contributed by atoms with Gasteiger partial charge in [0, 0.05) is 19.1 Å². The van der Waals surface area contributed by atoms with Crippen molar-refractivity contribution < 1.29 is 0 Å². The second kappa shape index (κ2) is 0.971. The fraction of sp³-hybridized carbons (Fsp3) is 1.00. The van der Waals surface area contributed by atoms with Crippen molar-refractivity contribution in [2.75, 3.05) is 13.1 Å². The lowest BCUT2D eigenvalue weighted by molar-refractivity contribution is 0.216. The standard InChI is InChI=1S/C7H11N/c1-2-6-5(1)3-8-4-7(6)8/h5-7H,1-4H2. The molecule has 0 aromatic rings.